The Bertz CT molecular complexity index is 362. The summed E-state index contributed by atoms with van der Waals surface area (Å²) in [6.45, 7) is 6.75. The van der Waals surface area contributed by atoms with Crippen LogP contribution in [0.15, 0.2) is 0 Å². The second kappa shape index (κ2) is 7.84. The molecule has 0 aromatic rings. The van der Waals surface area contributed by atoms with Crippen LogP contribution in [-0.2, 0) is 14.3 Å². The Morgan fingerprint density at radius 3 is 2.38 bits per heavy atom. The maximum absolute atomic E-state index is 11.9. The van der Waals surface area contributed by atoms with Crippen LogP contribution in [0.3, 0.4) is 0 Å². The van der Waals surface area contributed by atoms with E-state index >= 15 is 0 Å². The first-order valence-corrected chi connectivity index (χ1v) is 7.74. The van der Waals surface area contributed by atoms with Gasteiger partial charge in [0.1, 0.15) is 18.2 Å². The van der Waals surface area contributed by atoms with Gasteiger partial charge < -0.3 is 20.1 Å². The van der Waals surface area contributed by atoms with Crippen molar-refractivity contribution in [2.24, 2.45) is 11.7 Å². The predicted molar refractivity (Wildman–Crippen MR) is 80.2 cm³/mol. The van der Waals surface area contributed by atoms with Crippen LogP contribution in [0, 0.1) is 5.92 Å². The number of rotatable bonds is 4. The zero-order valence-corrected chi connectivity index (χ0v) is 13.7. The Labute approximate surface area is 130 Å². The Hall–Kier alpha value is -1.01. The lowest BCUT2D eigenvalue weighted by atomic mass is 9.90. The summed E-state index contributed by atoms with van der Waals surface area (Å²) in [5, 5.41) is 0. The third-order valence-electron chi connectivity index (χ3n) is 3.29. The van der Waals surface area contributed by atoms with Gasteiger partial charge in [0.05, 0.1) is 5.88 Å². The van der Waals surface area contributed by atoms with Crippen molar-refractivity contribution in [1.82, 2.24) is 4.90 Å². The molecule has 1 atom stereocenters. The number of halogens is 1. The number of amides is 1. The highest BCUT2D eigenvalue weighted by Gasteiger charge is 2.32. The molecule has 1 amide bonds. The van der Waals surface area contributed by atoms with Crippen molar-refractivity contribution in [2.45, 2.75) is 45.3 Å². The standard InChI is InChI=1S/C14H25ClN2O4/c1-14(2,3)21-13(19)17-7-4-10(5-8-17)11(16)12(18)20-9-6-15/h10-11H,4-9,16H2,1-3H3. The fraction of sp³-hybridized carbons (Fsp3) is 0.857. The quantitative estimate of drug-likeness (QED) is 0.630. The number of nitrogens with two attached hydrogens (primary N) is 1. The van der Waals surface area contributed by atoms with E-state index in [4.69, 9.17) is 26.8 Å². The number of hydrogen-bond acceptors (Lipinski definition) is 5. The van der Waals surface area contributed by atoms with Gasteiger partial charge in [0.15, 0.2) is 0 Å². The SMILES string of the molecule is CC(C)(C)OC(=O)N1CCC(C(N)C(=O)OCCCl)CC1. The summed E-state index contributed by atoms with van der Waals surface area (Å²) in [7, 11) is 0. The molecule has 1 aliphatic heterocycles. The molecule has 0 radical (unpaired) electrons. The lowest BCUT2D eigenvalue weighted by molar-refractivity contribution is -0.146. The molecule has 1 fully saturated rings. The third-order valence-corrected chi connectivity index (χ3v) is 3.45. The van der Waals surface area contributed by atoms with Crippen LogP contribution in [0.4, 0.5) is 4.79 Å². The maximum atomic E-state index is 11.9. The van der Waals surface area contributed by atoms with Crippen molar-refractivity contribution in [2.75, 3.05) is 25.6 Å². The molecule has 1 rings (SSSR count). The van der Waals surface area contributed by atoms with E-state index in [0.29, 0.717) is 25.9 Å². The van der Waals surface area contributed by atoms with Crippen LogP contribution < -0.4 is 5.73 Å². The number of nitrogens with zero attached hydrogens (tertiary/aromatic N) is 1. The van der Waals surface area contributed by atoms with Crippen molar-refractivity contribution in [3.05, 3.63) is 0 Å². The number of hydrogen-bond donors (Lipinski definition) is 1. The number of carbonyl (C=O) groups is 2. The van der Waals surface area contributed by atoms with Gasteiger partial charge in [-0.3, -0.25) is 4.79 Å². The largest absolute Gasteiger partial charge is 0.463 e. The molecule has 0 spiro atoms. The second-order valence-corrected chi connectivity index (χ2v) is 6.57. The van der Waals surface area contributed by atoms with Crippen molar-refractivity contribution in [3.63, 3.8) is 0 Å². The highest BCUT2D eigenvalue weighted by atomic mass is 35.5. The zero-order chi connectivity index (χ0) is 16.0. The lowest BCUT2D eigenvalue weighted by Crippen LogP contribution is -2.48. The normalized spacial score (nSPS) is 18.2. The fourth-order valence-corrected chi connectivity index (χ4v) is 2.27. The van der Waals surface area contributed by atoms with Gasteiger partial charge in [-0.15, -0.1) is 11.6 Å². The van der Waals surface area contributed by atoms with Gasteiger partial charge in [-0.05, 0) is 39.5 Å². The lowest BCUT2D eigenvalue weighted by Gasteiger charge is -2.34. The summed E-state index contributed by atoms with van der Waals surface area (Å²) >= 11 is 5.47. The van der Waals surface area contributed by atoms with Crippen molar-refractivity contribution >= 4 is 23.7 Å². The van der Waals surface area contributed by atoms with E-state index in [2.05, 4.69) is 0 Å². The smallest absolute Gasteiger partial charge is 0.410 e. The van der Waals surface area contributed by atoms with E-state index in [1.807, 2.05) is 20.8 Å². The molecule has 6 nitrogen and oxygen atoms in total. The highest BCUT2D eigenvalue weighted by Crippen LogP contribution is 2.22. The maximum Gasteiger partial charge on any atom is 0.410 e. The minimum Gasteiger partial charge on any atom is -0.463 e. The van der Waals surface area contributed by atoms with Gasteiger partial charge in [0.25, 0.3) is 0 Å². The van der Waals surface area contributed by atoms with E-state index in [1.54, 1.807) is 4.90 Å². The third kappa shape index (κ3) is 6.09. The summed E-state index contributed by atoms with van der Waals surface area (Å²) in [6, 6.07) is -0.658. The predicted octanol–water partition coefficient (Wildman–Crippen LogP) is 1.74. The number of piperidine rings is 1. The first kappa shape index (κ1) is 18.0. The number of carbonyl (C=O) groups excluding carboxylic acids is 2. The molecule has 0 bridgehead atoms. The Morgan fingerprint density at radius 1 is 1.33 bits per heavy atom. The summed E-state index contributed by atoms with van der Waals surface area (Å²) in [4.78, 5) is 25.3. The van der Waals surface area contributed by atoms with E-state index < -0.39 is 17.6 Å². The molecule has 0 saturated carbocycles. The molecule has 1 unspecified atom stereocenters. The van der Waals surface area contributed by atoms with Gasteiger partial charge >= 0.3 is 12.1 Å². The zero-order valence-electron chi connectivity index (χ0n) is 12.9. The van der Waals surface area contributed by atoms with Gasteiger partial charge in [-0.2, -0.15) is 0 Å². The minimum absolute atomic E-state index is 0.0199. The van der Waals surface area contributed by atoms with Crippen LogP contribution in [0.2, 0.25) is 0 Å². The first-order chi connectivity index (χ1) is 9.74. The molecular formula is C14H25ClN2O4. The Kier molecular flexibility index (Phi) is 6.74. The highest BCUT2D eigenvalue weighted by molar-refractivity contribution is 6.18. The molecule has 1 heterocycles. The fourth-order valence-electron chi connectivity index (χ4n) is 2.20. The van der Waals surface area contributed by atoms with E-state index in [9.17, 15) is 9.59 Å². The molecular weight excluding hydrogens is 296 g/mol. The van der Waals surface area contributed by atoms with Crippen LogP contribution in [-0.4, -0.2) is 54.2 Å². The van der Waals surface area contributed by atoms with Crippen LogP contribution >= 0.6 is 11.6 Å². The molecule has 2 N–H and O–H groups in total. The van der Waals surface area contributed by atoms with Gasteiger partial charge in [0, 0.05) is 13.1 Å². The molecule has 0 aromatic heterocycles. The molecule has 122 valence electrons. The molecule has 0 aliphatic carbocycles. The minimum atomic E-state index is -0.658. The van der Waals surface area contributed by atoms with Crippen molar-refractivity contribution in [3.8, 4) is 0 Å². The average molecular weight is 321 g/mol. The number of alkyl halides is 1. The van der Waals surface area contributed by atoms with Gasteiger partial charge in [-0.25, -0.2) is 4.79 Å². The summed E-state index contributed by atoms with van der Waals surface area (Å²) in [6.07, 6.45) is 1.01. The molecule has 21 heavy (non-hydrogen) atoms. The van der Waals surface area contributed by atoms with Gasteiger partial charge in [0.2, 0.25) is 0 Å². The van der Waals surface area contributed by atoms with Crippen molar-refractivity contribution in [1.29, 1.82) is 0 Å². The molecule has 1 saturated heterocycles. The van der Waals surface area contributed by atoms with Crippen LogP contribution in [0.1, 0.15) is 33.6 Å². The topological polar surface area (TPSA) is 81.9 Å². The van der Waals surface area contributed by atoms with Crippen molar-refractivity contribution < 1.29 is 19.1 Å². The summed E-state index contributed by atoms with van der Waals surface area (Å²) < 4.78 is 10.3. The Balaban J connectivity index is 2.41. The van der Waals surface area contributed by atoms with E-state index in [-0.39, 0.29) is 24.5 Å². The van der Waals surface area contributed by atoms with Crippen LogP contribution in [0.25, 0.3) is 0 Å². The molecule has 7 heteroatoms. The van der Waals surface area contributed by atoms with Crippen LogP contribution in [0.5, 0.6) is 0 Å². The monoisotopic (exact) mass is 320 g/mol. The number of esters is 1. The molecule has 1 aliphatic rings. The van der Waals surface area contributed by atoms with E-state index in [0.717, 1.165) is 0 Å². The Morgan fingerprint density at radius 2 is 1.90 bits per heavy atom. The number of ether oxygens (including phenoxy) is 2. The number of likely N-dealkylation sites (tertiary alicyclic amines) is 1. The summed E-state index contributed by atoms with van der Waals surface area (Å²) in [5.74, 6) is -0.145. The average Bonchev–Trinajstić information content (AvgIpc) is 2.42. The van der Waals surface area contributed by atoms with E-state index in [1.165, 1.54) is 0 Å². The first-order valence-electron chi connectivity index (χ1n) is 7.20. The molecule has 0 aromatic carbocycles. The second-order valence-electron chi connectivity index (χ2n) is 6.19. The summed E-state index contributed by atoms with van der Waals surface area (Å²) in [5.41, 5.74) is 5.40. The van der Waals surface area contributed by atoms with Gasteiger partial charge in [-0.1, -0.05) is 0 Å².